The molecule has 0 aliphatic heterocycles. The number of rotatable bonds is 8. The molecule has 0 saturated carbocycles. The Morgan fingerprint density at radius 3 is 2.41 bits per heavy atom. The Bertz CT molecular complexity index is 533. The van der Waals surface area contributed by atoms with E-state index in [1.165, 1.54) is 23.9 Å². The summed E-state index contributed by atoms with van der Waals surface area (Å²) >= 11 is 19.0. The van der Waals surface area contributed by atoms with Crippen molar-refractivity contribution in [2.75, 3.05) is 18.6 Å². The van der Waals surface area contributed by atoms with E-state index in [0.29, 0.717) is 10.8 Å². The first-order chi connectivity index (χ1) is 10.3. The zero-order valence-electron chi connectivity index (χ0n) is 11.5. The summed E-state index contributed by atoms with van der Waals surface area (Å²) in [5.41, 5.74) is 0. The van der Waals surface area contributed by atoms with E-state index in [2.05, 4.69) is 5.32 Å². The first-order valence-electron chi connectivity index (χ1n) is 6.11. The van der Waals surface area contributed by atoms with Crippen LogP contribution in [0.15, 0.2) is 12.1 Å². The second-order valence-electron chi connectivity index (χ2n) is 4.21. The zero-order valence-corrected chi connectivity index (χ0v) is 14.6. The number of carbonyl (C=O) groups excluding carboxylic acids is 2. The molecule has 0 aliphatic rings. The van der Waals surface area contributed by atoms with Crippen LogP contribution in [0.1, 0.15) is 6.42 Å². The number of hydrogen-bond donors (Lipinski definition) is 1. The number of thioether (sulfide) groups is 1. The molecule has 0 bridgehead atoms. The van der Waals surface area contributed by atoms with Crippen molar-refractivity contribution in [3.63, 3.8) is 0 Å². The number of halogens is 3. The molecule has 22 heavy (non-hydrogen) atoms. The molecule has 1 aromatic rings. The van der Waals surface area contributed by atoms with Gasteiger partial charge < -0.3 is 20.0 Å². The van der Waals surface area contributed by atoms with Gasteiger partial charge in [-0.15, -0.1) is 0 Å². The predicted octanol–water partition coefficient (Wildman–Crippen LogP) is 2.01. The topological polar surface area (TPSA) is 78.5 Å². The van der Waals surface area contributed by atoms with Crippen molar-refractivity contribution in [1.82, 2.24) is 5.32 Å². The molecule has 1 N–H and O–H groups in total. The second kappa shape index (κ2) is 9.35. The van der Waals surface area contributed by atoms with Crippen molar-refractivity contribution in [3.8, 4) is 5.75 Å². The first-order valence-corrected chi connectivity index (χ1v) is 8.64. The average Bonchev–Trinajstić information content (AvgIpc) is 2.41. The number of aliphatic carboxylic acids is 1. The van der Waals surface area contributed by atoms with Gasteiger partial charge in [-0.1, -0.05) is 34.8 Å². The summed E-state index contributed by atoms with van der Waals surface area (Å²) in [5, 5.41) is 13.9. The fraction of sp³-hybridized carbons (Fsp3) is 0.385. The number of nitrogens with one attached hydrogen (secondary N) is 1. The van der Waals surface area contributed by atoms with Gasteiger partial charge in [0.05, 0.1) is 22.1 Å². The standard InChI is InChI=1S/C13H14Cl3NO4S/c1-22-3-2-10(13(19)20)17-11(18)6-21-12-8(15)4-7(14)5-9(12)16/h4-5,10H,2-3,6H2,1H3,(H,17,18)(H,19,20)/p-1/t10-/m0/s1. The number of ether oxygens (including phenoxy) is 1. The van der Waals surface area contributed by atoms with Crippen LogP contribution in [0.4, 0.5) is 0 Å². The Morgan fingerprint density at radius 2 is 1.91 bits per heavy atom. The minimum Gasteiger partial charge on any atom is -0.548 e. The molecule has 1 atom stereocenters. The van der Waals surface area contributed by atoms with Crippen molar-refractivity contribution in [2.24, 2.45) is 0 Å². The van der Waals surface area contributed by atoms with E-state index in [0.717, 1.165) is 0 Å². The molecule has 0 fully saturated rings. The third-order valence-corrected chi connectivity index (χ3v) is 3.96. The van der Waals surface area contributed by atoms with Crippen molar-refractivity contribution < 1.29 is 19.4 Å². The van der Waals surface area contributed by atoms with Crippen LogP contribution in [0.25, 0.3) is 0 Å². The molecule has 0 heterocycles. The monoisotopic (exact) mass is 384 g/mol. The quantitative estimate of drug-likeness (QED) is 0.740. The highest BCUT2D eigenvalue weighted by Crippen LogP contribution is 2.35. The maximum Gasteiger partial charge on any atom is 0.258 e. The van der Waals surface area contributed by atoms with Crippen molar-refractivity contribution in [2.45, 2.75) is 12.5 Å². The maximum absolute atomic E-state index is 11.7. The van der Waals surface area contributed by atoms with E-state index in [1.807, 2.05) is 6.26 Å². The molecule has 5 nitrogen and oxygen atoms in total. The van der Waals surface area contributed by atoms with Gasteiger partial charge in [0, 0.05) is 5.02 Å². The molecule has 0 aromatic heterocycles. The van der Waals surface area contributed by atoms with E-state index in [-0.39, 0.29) is 22.2 Å². The molecule has 0 radical (unpaired) electrons. The molecule has 9 heteroatoms. The molecule has 1 aromatic carbocycles. The molecular formula is C13H13Cl3NO4S-. The first kappa shape index (κ1) is 19.2. The second-order valence-corrected chi connectivity index (χ2v) is 6.44. The van der Waals surface area contributed by atoms with Gasteiger partial charge in [-0.2, -0.15) is 11.8 Å². The Morgan fingerprint density at radius 1 is 1.32 bits per heavy atom. The van der Waals surface area contributed by atoms with Crippen LogP contribution >= 0.6 is 46.6 Å². The number of amides is 1. The minimum absolute atomic E-state index is 0.108. The summed E-state index contributed by atoms with van der Waals surface area (Å²) in [5.74, 6) is -1.27. The highest BCUT2D eigenvalue weighted by atomic mass is 35.5. The predicted molar refractivity (Wildman–Crippen MR) is 86.9 cm³/mol. The van der Waals surface area contributed by atoms with Crippen LogP contribution in [-0.2, 0) is 9.59 Å². The Kier molecular flexibility index (Phi) is 8.17. The number of benzene rings is 1. The van der Waals surface area contributed by atoms with E-state index >= 15 is 0 Å². The minimum atomic E-state index is -1.34. The molecule has 0 spiro atoms. The zero-order chi connectivity index (χ0) is 16.7. The summed E-state index contributed by atoms with van der Waals surface area (Å²) in [6.45, 7) is -0.426. The fourth-order valence-corrected chi connectivity index (χ4v) is 2.92. The van der Waals surface area contributed by atoms with Crippen molar-refractivity contribution >= 4 is 58.4 Å². The largest absolute Gasteiger partial charge is 0.548 e. The molecule has 0 saturated heterocycles. The molecule has 122 valence electrons. The summed E-state index contributed by atoms with van der Waals surface area (Å²) < 4.78 is 5.22. The van der Waals surface area contributed by atoms with Crippen LogP contribution in [-0.4, -0.2) is 36.5 Å². The number of hydrogen-bond acceptors (Lipinski definition) is 5. The van der Waals surface area contributed by atoms with E-state index in [9.17, 15) is 14.7 Å². The lowest BCUT2D eigenvalue weighted by Crippen LogP contribution is -2.49. The Hall–Kier alpha value is -0.820. The van der Waals surface area contributed by atoms with Crippen LogP contribution < -0.4 is 15.2 Å². The normalized spacial score (nSPS) is 11.8. The van der Waals surface area contributed by atoms with E-state index < -0.39 is 24.5 Å². The smallest absolute Gasteiger partial charge is 0.258 e. The molecule has 1 amide bonds. The lowest BCUT2D eigenvalue weighted by Gasteiger charge is -2.19. The summed E-state index contributed by atoms with van der Waals surface area (Å²) in [4.78, 5) is 22.7. The highest BCUT2D eigenvalue weighted by molar-refractivity contribution is 7.98. The van der Waals surface area contributed by atoms with Crippen LogP contribution in [0.5, 0.6) is 5.75 Å². The molecule has 1 rings (SSSR count). The van der Waals surface area contributed by atoms with Crippen molar-refractivity contribution in [1.29, 1.82) is 0 Å². The van der Waals surface area contributed by atoms with Crippen LogP contribution in [0, 0.1) is 0 Å². The van der Waals surface area contributed by atoms with Gasteiger partial charge in [0.25, 0.3) is 5.91 Å². The van der Waals surface area contributed by atoms with Gasteiger partial charge in [-0.05, 0) is 30.6 Å². The molecule has 0 aliphatic carbocycles. The number of carboxylic acid groups (broad SMARTS) is 1. The van der Waals surface area contributed by atoms with Gasteiger partial charge in [-0.25, -0.2) is 0 Å². The van der Waals surface area contributed by atoms with Gasteiger partial charge in [0.2, 0.25) is 0 Å². The van der Waals surface area contributed by atoms with Gasteiger partial charge in [0.1, 0.15) is 0 Å². The highest BCUT2D eigenvalue weighted by Gasteiger charge is 2.15. The molecule has 0 unspecified atom stereocenters. The summed E-state index contributed by atoms with van der Waals surface area (Å²) in [6.07, 6.45) is 2.10. The number of carbonyl (C=O) groups is 2. The van der Waals surface area contributed by atoms with Gasteiger partial charge in [-0.3, -0.25) is 4.79 Å². The summed E-state index contributed by atoms with van der Waals surface area (Å²) in [6, 6.07) is 1.77. The Labute approximate surface area is 147 Å². The Balaban J connectivity index is 2.60. The number of carboxylic acids is 1. The fourth-order valence-electron chi connectivity index (χ4n) is 1.53. The summed E-state index contributed by atoms with van der Waals surface area (Å²) in [7, 11) is 0. The third kappa shape index (κ3) is 6.12. The van der Waals surface area contributed by atoms with Gasteiger partial charge in [0.15, 0.2) is 12.4 Å². The van der Waals surface area contributed by atoms with E-state index in [1.54, 1.807) is 0 Å². The van der Waals surface area contributed by atoms with Crippen LogP contribution in [0.2, 0.25) is 15.1 Å². The van der Waals surface area contributed by atoms with Crippen LogP contribution in [0.3, 0.4) is 0 Å². The maximum atomic E-state index is 11.7. The molecular weight excluding hydrogens is 373 g/mol. The lowest BCUT2D eigenvalue weighted by molar-refractivity contribution is -0.308. The third-order valence-electron chi connectivity index (χ3n) is 2.54. The average molecular weight is 386 g/mol. The SMILES string of the molecule is CSCC[C@H](NC(=O)COc1c(Cl)cc(Cl)cc1Cl)C(=O)[O-]. The van der Waals surface area contributed by atoms with E-state index in [4.69, 9.17) is 39.5 Å². The lowest BCUT2D eigenvalue weighted by atomic mass is 10.2. The van der Waals surface area contributed by atoms with Gasteiger partial charge >= 0.3 is 0 Å². The van der Waals surface area contributed by atoms with Crippen molar-refractivity contribution in [3.05, 3.63) is 27.2 Å².